The van der Waals surface area contributed by atoms with Crippen LogP contribution in [-0.4, -0.2) is 46.8 Å². The van der Waals surface area contributed by atoms with Crippen molar-refractivity contribution < 1.29 is 8.42 Å². The highest BCUT2D eigenvalue weighted by Crippen LogP contribution is 2.27. The number of sulfone groups is 1. The number of hydrogen-bond acceptors (Lipinski definition) is 4. The van der Waals surface area contributed by atoms with Crippen LogP contribution >= 0.6 is 12.2 Å². The molecule has 1 saturated heterocycles. The van der Waals surface area contributed by atoms with Crippen LogP contribution in [0.4, 0.5) is 5.69 Å². The standard InChI is InChI=1S/C19H26N4O2S2/c1-13-7-5-6-8-18(13)20-19(26)22(4)11-17-14(2)21-23(15(17)3)16-9-10-27(24,25)12-16/h5-8,16H,9-12H2,1-4H3,(H,20,26)/t16-/m1/s1. The van der Waals surface area contributed by atoms with Crippen molar-refractivity contribution in [3.8, 4) is 0 Å². The summed E-state index contributed by atoms with van der Waals surface area (Å²) in [5.74, 6) is 0.424. The SMILES string of the molecule is Cc1ccccc1NC(=S)N(C)Cc1c(C)nn([C@@H]2CCS(=O)(=O)C2)c1C. The van der Waals surface area contributed by atoms with Gasteiger partial charge < -0.3 is 10.2 Å². The van der Waals surface area contributed by atoms with Gasteiger partial charge in [-0.1, -0.05) is 18.2 Å². The highest BCUT2D eigenvalue weighted by molar-refractivity contribution is 7.91. The molecular formula is C19H26N4O2S2. The Bertz CT molecular complexity index is 966. The number of aromatic nitrogens is 2. The Hall–Kier alpha value is -1.93. The normalized spacial score (nSPS) is 18.4. The van der Waals surface area contributed by atoms with Gasteiger partial charge in [-0.25, -0.2) is 8.42 Å². The maximum atomic E-state index is 11.8. The highest BCUT2D eigenvalue weighted by atomic mass is 32.2. The first-order valence-corrected chi connectivity index (χ1v) is 11.2. The van der Waals surface area contributed by atoms with Crippen molar-refractivity contribution in [1.29, 1.82) is 0 Å². The molecule has 0 unspecified atom stereocenters. The van der Waals surface area contributed by atoms with Crippen LogP contribution in [0, 0.1) is 20.8 Å². The molecular weight excluding hydrogens is 380 g/mol. The molecule has 0 amide bonds. The fraction of sp³-hybridized carbons (Fsp3) is 0.474. The van der Waals surface area contributed by atoms with E-state index in [-0.39, 0.29) is 17.5 Å². The molecule has 8 heteroatoms. The van der Waals surface area contributed by atoms with Crippen LogP contribution in [0.15, 0.2) is 24.3 Å². The summed E-state index contributed by atoms with van der Waals surface area (Å²) < 4.78 is 25.5. The second kappa shape index (κ2) is 7.59. The smallest absolute Gasteiger partial charge is 0.173 e. The maximum absolute atomic E-state index is 11.8. The zero-order valence-electron chi connectivity index (χ0n) is 16.2. The largest absolute Gasteiger partial charge is 0.348 e. The number of thiocarbonyl (C=S) groups is 1. The summed E-state index contributed by atoms with van der Waals surface area (Å²) in [7, 11) is -0.993. The number of benzene rings is 1. The zero-order valence-corrected chi connectivity index (χ0v) is 17.8. The molecule has 27 heavy (non-hydrogen) atoms. The van der Waals surface area contributed by atoms with Crippen LogP contribution in [-0.2, 0) is 16.4 Å². The first-order valence-electron chi connectivity index (χ1n) is 9.00. The van der Waals surface area contributed by atoms with Crippen molar-refractivity contribution >= 4 is 32.9 Å². The average Bonchev–Trinajstić information content (AvgIpc) is 3.10. The lowest BCUT2D eigenvalue weighted by Crippen LogP contribution is -2.31. The van der Waals surface area contributed by atoms with Gasteiger partial charge in [0.05, 0.1) is 23.2 Å². The average molecular weight is 407 g/mol. The van der Waals surface area contributed by atoms with E-state index in [4.69, 9.17) is 12.2 Å². The number of nitrogens with zero attached hydrogens (tertiary/aromatic N) is 3. The van der Waals surface area contributed by atoms with E-state index in [1.807, 2.05) is 61.7 Å². The van der Waals surface area contributed by atoms with E-state index in [0.29, 0.717) is 18.1 Å². The molecule has 1 aromatic heterocycles. The van der Waals surface area contributed by atoms with Crippen LogP contribution in [0.2, 0.25) is 0 Å². The van der Waals surface area contributed by atoms with Gasteiger partial charge in [-0.3, -0.25) is 4.68 Å². The Morgan fingerprint density at radius 3 is 2.67 bits per heavy atom. The van der Waals surface area contributed by atoms with Crippen LogP contribution < -0.4 is 5.32 Å². The molecule has 0 aliphatic carbocycles. The van der Waals surface area contributed by atoms with Gasteiger partial charge in [-0.05, 0) is 51.0 Å². The predicted molar refractivity (Wildman–Crippen MR) is 113 cm³/mol. The summed E-state index contributed by atoms with van der Waals surface area (Å²) in [5, 5.41) is 8.56. The molecule has 146 valence electrons. The molecule has 3 rings (SSSR count). The minimum atomic E-state index is -2.94. The molecule has 1 fully saturated rings. The number of nitrogens with one attached hydrogen (secondary N) is 1. The third kappa shape index (κ3) is 4.32. The van der Waals surface area contributed by atoms with Gasteiger partial charge in [0.2, 0.25) is 0 Å². The predicted octanol–water partition coefficient (Wildman–Crippen LogP) is 3.00. The van der Waals surface area contributed by atoms with Gasteiger partial charge in [-0.15, -0.1) is 0 Å². The topological polar surface area (TPSA) is 67.2 Å². The Morgan fingerprint density at radius 1 is 1.33 bits per heavy atom. The Balaban J connectivity index is 1.73. The molecule has 2 aromatic rings. The van der Waals surface area contributed by atoms with Crippen molar-refractivity contribution in [2.45, 2.75) is 39.8 Å². The zero-order chi connectivity index (χ0) is 19.8. The molecule has 1 N–H and O–H groups in total. The van der Waals surface area contributed by atoms with Crippen molar-refractivity contribution in [2.24, 2.45) is 0 Å². The first-order chi connectivity index (χ1) is 12.7. The lowest BCUT2D eigenvalue weighted by atomic mass is 10.1. The van der Waals surface area contributed by atoms with E-state index in [9.17, 15) is 8.42 Å². The Morgan fingerprint density at radius 2 is 2.04 bits per heavy atom. The van der Waals surface area contributed by atoms with Gasteiger partial charge in [0.25, 0.3) is 0 Å². The van der Waals surface area contributed by atoms with Crippen molar-refractivity contribution in [1.82, 2.24) is 14.7 Å². The molecule has 1 aliphatic heterocycles. The summed E-state index contributed by atoms with van der Waals surface area (Å²) in [6.07, 6.45) is 0.632. The molecule has 6 nitrogen and oxygen atoms in total. The number of para-hydroxylation sites is 1. The summed E-state index contributed by atoms with van der Waals surface area (Å²) in [6, 6.07) is 7.96. The molecule has 0 saturated carbocycles. The van der Waals surface area contributed by atoms with Gasteiger partial charge in [-0.2, -0.15) is 5.10 Å². The van der Waals surface area contributed by atoms with Gasteiger partial charge in [0.15, 0.2) is 14.9 Å². The molecule has 0 bridgehead atoms. The third-order valence-electron chi connectivity index (χ3n) is 5.16. The fourth-order valence-electron chi connectivity index (χ4n) is 3.48. The molecule has 1 aromatic carbocycles. The number of anilines is 1. The van der Waals surface area contributed by atoms with Gasteiger partial charge >= 0.3 is 0 Å². The lowest BCUT2D eigenvalue weighted by Gasteiger charge is -2.22. The monoisotopic (exact) mass is 406 g/mol. The van der Waals surface area contributed by atoms with E-state index in [0.717, 1.165) is 28.2 Å². The number of rotatable bonds is 4. The minimum absolute atomic E-state index is 0.0650. The fourth-order valence-corrected chi connectivity index (χ4v) is 5.35. The van der Waals surface area contributed by atoms with Crippen LogP contribution in [0.3, 0.4) is 0 Å². The maximum Gasteiger partial charge on any atom is 0.173 e. The second-order valence-electron chi connectivity index (χ2n) is 7.25. The third-order valence-corrected chi connectivity index (χ3v) is 7.32. The summed E-state index contributed by atoms with van der Waals surface area (Å²) in [4.78, 5) is 1.98. The van der Waals surface area contributed by atoms with Crippen molar-refractivity contribution in [3.63, 3.8) is 0 Å². The van der Waals surface area contributed by atoms with Crippen molar-refractivity contribution in [2.75, 3.05) is 23.9 Å². The van der Waals surface area contributed by atoms with E-state index < -0.39 is 9.84 Å². The summed E-state index contributed by atoms with van der Waals surface area (Å²) >= 11 is 5.56. The van der Waals surface area contributed by atoms with Crippen LogP contribution in [0.1, 0.15) is 35.0 Å². The Labute approximate surface area is 166 Å². The molecule has 0 radical (unpaired) electrons. The number of hydrogen-bond donors (Lipinski definition) is 1. The summed E-state index contributed by atoms with van der Waals surface area (Å²) in [6.45, 7) is 6.63. The van der Waals surface area contributed by atoms with Crippen LogP contribution in [0.25, 0.3) is 0 Å². The van der Waals surface area contributed by atoms with E-state index in [1.165, 1.54) is 0 Å². The van der Waals surface area contributed by atoms with Crippen molar-refractivity contribution in [3.05, 3.63) is 46.8 Å². The molecule has 2 heterocycles. The molecule has 1 atom stereocenters. The first kappa shape index (κ1) is 19.8. The van der Waals surface area contributed by atoms with E-state index in [2.05, 4.69) is 10.4 Å². The number of aryl methyl sites for hydroxylation is 2. The van der Waals surface area contributed by atoms with E-state index >= 15 is 0 Å². The van der Waals surface area contributed by atoms with Crippen LogP contribution in [0.5, 0.6) is 0 Å². The molecule has 1 aliphatic rings. The molecule has 0 spiro atoms. The minimum Gasteiger partial charge on any atom is -0.348 e. The highest BCUT2D eigenvalue weighted by Gasteiger charge is 2.31. The Kier molecular flexibility index (Phi) is 5.58. The summed E-state index contributed by atoms with van der Waals surface area (Å²) in [5.41, 5.74) is 5.16. The lowest BCUT2D eigenvalue weighted by molar-refractivity contribution is 0.479. The van der Waals surface area contributed by atoms with E-state index in [1.54, 1.807) is 0 Å². The second-order valence-corrected chi connectivity index (χ2v) is 9.87. The van der Waals surface area contributed by atoms with Gasteiger partial charge in [0.1, 0.15) is 0 Å². The van der Waals surface area contributed by atoms with Gasteiger partial charge in [0, 0.05) is 30.5 Å². The quantitative estimate of drug-likeness (QED) is 0.788.